The molecule has 1 aromatic heterocycles. The molecule has 150 valence electrons. The number of rotatable bonds is 6. The molecule has 2 heterocycles. The molecule has 0 saturated carbocycles. The molecule has 5 heteroatoms. The van der Waals surface area contributed by atoms with Gasteiger partial charge in [-0.2, -0.15) is 0 Å². The molecule has 5 nitrogen and oxygen atoms in total. The summed E-state index contributed by atoms with van der Waals surface area (Å²) in [6.45, 7) is 10.1. The number of piperidine rings is 1. The lowest BCUT2D eigenvalue weighted by Gasteiger charge is -2.37. The number of aryl methyl sites for hydroxylation is 1. The molecule has 2 aromatic rings. The van der Waals surface area contributed by atoms with E-state index in [-0.39, 0.29) is 17.7 Å². The van der Waals surface area contributed by atoms with Gasteiger partial charge < -0.3 is 10.3 Å². The number of benzene rings is 1. The first kappa shape index (κ1) is 20.3. The molecule has 3 rings (SSSR count). The smallest absolute Gasteiger partial charge is 0.268 e. The minimum Gasteiger partial charge on any atom is -0.354 e. The van der Waals surface area contributed by atoms with Crippen LogP contribution in [-0.4, -0.2) is 41.2 Å². The molecule has 0 bridgehead atoms. The third-order valence-corrected chi connectivity index (χ3v) is 5.92. The third kappa shape index (κ3) is 4.36. The summed E-state index contributed by atoms with van der Waals surface area (Å²) in [4.78, 5) is 30.3. The van der Waals surface area contributed by atoms with Crippen LogP contribution in [0.4, 0.5) is 0 Å². The second-order valence-electron chi connectivity index (χ2n) is 8.04. The van der Waals surface area contributed by atoms with E-state index in [0.29, 0.717) is 17.8 Å². The molecule has 28 heavy (non-hydrogen) atoms. The van der Waals surface area contributed by atoms with Gasteiger partial charge in [-0.3, -0.25) is 14.5 Å². The van der Waals surface area contributed by atoms with E-state index < -0.39 is 0 Å². The lowest BCUT2D eigenvalue weighted by Crippen LogP contribution is -2.42. The van der Waals surface area contributed by atoms with Crippen LogP contribution in [0.5, 0.6) is 0 Å². The number of amides is 1. The summed E-state index contributed by atoms with van der Waals surface area (Å²) in [6.07, 6.45) is 2.38. The van der Waals surface area contributed by atoms with Gasteiger partial charge in [-0.25, -0.2) is 0 Å². The number of likely N-dealkylation sites (tertiary alicyclic amines) is 1. The lowest BCUT2D eigenvalue weighted by molar-refractivity contribution is 0.0908. The minimum absolute atomic E-state index is 0.0186. The van der Waals surface area contributed by atoms with E-state index in [0.717, 1.165) is 30.3 Å². The van der Waals surface area contributed by atoms with Crippen molar-refractivity contribution in [3.05, 3.63) is 58.4 Å². The predicted octanol–water partition coefficient (Wildman–Crippen LogP) is 4.04. The summed E-state index contributed by atoms with van der Waals surface area (Å²) in [7, 11) is 0. The van der Waals surface area contributed by atoms with E-state index in [1.54, 1.807) is 0 Å². The highest BCUT2D eigenvalue weighted by Crippen LogP contribution is 2.26. The molecule has 1 saturated heterocycles. The van der Waals surface area contributed by atoms with Crippen LogP contribution in [0, 0.1) is 19.8 Å². The fourth-order valence-electron chi connectivity index (χ4n) is 4.26. The average molecular weight is 382 g/mol. The van der Waals surface area contributed by atoms with Crippen LogP contribution in [0.25, 0.3) is 0 Å². The van der Waals surface area contributed by atoms with Crippen LogP contribution in [0.1, 0.15) is 70.4 Å². The maximum atomic E-state index is 12.9. The summed E-state index contributed by atoms with van der Waals surface area (Å²) in [5.74, 6) is 0.589. The zero-order chi connectivity index (χ0) is 20.3. The SMILES string of the molecule is CC(=O)c1c(C)[nH]c(C(=O)NCC(c2ccccc2)N2CCC(C)CC2)c1C. The number of carbonyl (C=O) groups is 2. The molecular weight excluding hydrogens is 350 g/mol. The van der Waals surface area contributed by atoms with Crippen molar-refractivity contribution in [1.29, 1.82) is 0 Å². The largest absolute Gasteiger partial charge is 0.354 e. The van der Waals surface area contributed by atoms with Crippen molar-refractivity contribution in [2.24, 2.45) is 5.92 Å². The molecule has 1 aromatic carbocycles. The summed E-state index contributed by atoms with van der Waals surface area (Å²) in [6, 6.07) is 10.5. The number of ketones is 1. The van der Waals surface area contributed by atoms with Crippen LogP contribution in [0.3, 0.4) is 0 Å². The zero-order valence-electron chi connectivity index (χ0n) is 17.3. The van der Waals surface area contributed by atoms with Crippen LogP contribution in [0.15, 0.2) is 30.3 Å². The maximum absolute atomic E-state index is 12.9. The molecule has 1 amide bonds. The maximum Gasteiger partial charge on any atom is 0.268 e. The Morgan fingerprint density at radius 1 is 1.18 bits per heavy atom. The van der Waals surface area contributed by atoms with Crippen LogP contribution in [0.2, 0.25) is 0 Å². The Bertz CT molecular complexity index is 833. The first-order valence-corrected chi connectivity index (χ1v) is 10.2. The van der Waals surface area contributed by atoms with Crippen molar-refractivity contribution in [3.8, 4) is 0 Å². The van der Waals surface area contributed by atoms with Gasteiger partial charge in [0.05, 0.1) is 6.04 Å². The van der Waals surface area contributed by atoms with Gasteiger partial charge in [0.15, 0.2) is 5.78 Å². The highest BCUT2D eigenvalue weighted by atomic mass is 16.2. The number of aromatic amines is 1. The van der Waals surface area contributed by atoms with Gasteiger partial charge in [-0.15, -0.1) is 0 Å². The number of nitrogens with zero attached hydrogens (tertiary/aromatic N) is 1. The number of Topliss-reactive ketones (excluding diaryl/α,β-unsaturated/α-hetero) is 1. The van der Waals surface area contributed by atoms with E-state index in [1.165, 1.54) is 25.3 Å². The molecule has 1 atom stereocenters. The summed E-state index contributed by atoms with van der Waals surface area (Å²) in [5.41, 5.74) is 3.81. The fraction of sp³-hybridized carbons (Fsp3) is 0.478. The number of hydrogen-bond donors (Lipinski definition) is 2. The summed E-state index contributed by atoms with van der Waals surface area (Å²) < 4.78 is 0. The first-order valence-electron chi connectivity index (χ1n) is 10.2. The van der Waals surface area contributed by atoms with Gasteiger partial charge in [-0.05, 0) is 63.7 Å². The van der Waals surface area contributed by atoms with Crippen molar-refractivity contribution < 1.29 is 9.59 Å². The van der Waals surface area contributed by atoms with E-state index >= 15 is 0 Å². The third-order valence-electron chi connectivity index (χ3n) is 5.92. The number of aromatic nitrogens is 1. The Kier molecular flexibility index (Phi) is 6.35. The number of hydrogen-bond acceptors (Lipinski definition) is 3. The number of nitrogens with one attached hydrogen (secondary N) is 2. The van der Waals surface area contributed by atoms with Gasteiger partial charge in [0.25, 0.3) is 5.91 Å². The Morgan fingerprint density at radius 3 is 2.39 bits per heavy atom. The normalized spacial score (nSPS) is 16.7. The number of carbonyl (C=O) groups excluding carboxylic acids is 2. The highest BCUT2D eigenvalue weighted by molar-refractivity contribution is 6.02. The molecule has 1 aliphatic heterocycles. The minimum atomic E-state index is -0.153. The summed E-state index contributed by atoms with van der Waals surface area (Å²) in [5, 5.41) is 3.10. The fourth-order valence-corrected chi connectivity index (χ4v) is 4.26. The standard InChI is InChI=1S/C23H31N3O2/c1-15-10-12-26(13-11-15)20(19-8-6-5-7-9-19)14-24-23(28)22-16(2)21(18(4)27)17(3)25-22/h5-9,15,20,25H,10-14H2,1-4H3,(H,24,28). The van der Waals surface area contributed by atoms with Crippen molar-refractivity contribution >= 4 is 11.7 Å². The molecule has 1 unspecified atom stereocenters. The van der Waals surface area contributed by atoms with Crippen molar-refractivity contribution in [1.82, 2.24) is 15.2 Å². The van der Waals surface area contributed by atoms with Gasteiger partial charge in [0.2, 0.25) is 0 Å². The van der Waals surface area contributed by atoms with Gasteiger partial charge in [0.1, 0.15) is 5.69 Å². The zero-order valence-corrected chi connectivity index (χ0v) is 17.3. The molecule has 0 aliphatic carbocycles. The Hall–Kier alpha value is -2.40. The average Bonchev–Trinajstić information content (AvgIpc) is 2.98. The van der Waals surface area contributed by atoms with Crippen LogP contribution in [-0.2, 0) is 0 Å². The lowest BCUT2D eigenvalue weighted by atomic mass is 9.95. The van der Waals surface area contributed by atoms with E-state index in [2.05, 4.69) is 34.3 Å². The quantitative estimate of drug-likeness (QED) is 0.742. The van der Waals surface area contributed by atoms with E-state index in [1.807, 2.05) is 32.0 Å². The molecule has 1 aliphatic rings. The second kappa shape index (κ2) is 8.74. The van der Waals surface area contributed by atoms with Crippen molar-refractivity contribution in [2.75, 3.05) is 19.6 Å². The van der Waals surface area contributed by atoms with E-state index in [4.69, 9.17) is 0 Å². The van der Waals surface area contributed by atoms with Crippen LogP contribution < -0.4 is 5.32 Å². The Morgan fingerprint density at radius 2 is 1.82 bits per heavy atom. The van der Waals surface area contributed by atoms with Gasteiger partial charge >= 0.3 is 0 Å². The van der Waals surface area contributed by atoms with Crippen molar-refractivity contribution in [2.45, 2.75) is 46.6 Å². The monoisotopic (exact) mass is 381 g/mol. The first-order chi connectivity index (χ1) is 13.4. The predicted molar refractivity (Wildman–Crippen MR) is 112 cm³/mol. The van der Waals surface area contributed by atoms with Crippen LogP contribution >= 0.6 is 0 Å². The highest BCUT2D eigenvalue weighted by Gasteiger charge is 2.26. The Labute approximate surface area is 167 Å². The molecule has 1 fully saturated rings. The van der Waals surface area contributed by atoms with Gasteiger partial charge in [-0.1, -0.05) is 37.3 Å². The molecule has 0 spiro atoms. The molecule has 0 radical (unpaired) electrons. The van der Waals surface area contributed by atoms with Crippen molar-refractivity contribution in [3.63, 3.8) is 0 Å². The number of H-pyrrole nitrogens is 1. The Balaban J connectivity index is 1.76. The second-order valence-corrected chi connectivity index (χ2v) is 8.04. The molecular formula is C23H31N3O2. The molecule has 2 N–H and O–H groups in total. The topological polar surface area (TPSA) is 65.2 Å². The van der Waals surface area contributed by atoms with E-state index in [9.17, 15) is 9.59 Å². The summed E-state index contributed by atoms with van der Waals surface area (Å²) >= 11 is 0. The van der Waals surface area contributed by atoms with Gasteiger partial charge in [0, 0.05) is 17.8 Å².